The highest BCUT2D eigenvalue weighted by Crippen LogP contribution is 2.52. The van der Waals surface area contributed by atoms with Crippen molar-refractivity contribution in [2.75, 3.05) is 0 Å². The molecule has 0 heterocycles. The van der Waals surface area contributed by atoms with Crippen molar-refractivity contribution in [1.82, 2.24) is 0 Å². The van der Waals surface area contributed by atoms with Gasteiger partial charge in [-0.15, -0.1) is 0 Å². The zero-order valence-corrected chi connectivity index (χ0v) is 6.95. The molecule has 12 heavy (non-hydrogen) atoms. The summed E-state index contributed by atoms with van der Waals surface area (Å²) in [5, 5.41) is 0. The van der Waals surface area contributed by atoms with Crippen molar-refractivity contribution in [2.24, 2.45) is 23.7 Å². The summed E-state index contributed by atoms with van der Waals surface area (Å²) < 4.78 is 0. The second-order valence-corrected chi connectivity index (χ2v) is 4.47. The number of ketones is 2. The topological polar surface area (TPSA) is 34.1 Å². The lowest BCUT2D eigenvalue weighted by atomic mass is 9.77. The maximum Gasteiger partial charge on any atom is 0.140 e. The van der Waals surface area contributed by atoms with E-state index in [2.05, 4.69) is 0 Å². The van der Waals surface area contributed by atoms with Crippen LogP contribution in [-0.2, 0) is 9.59 Å². The third-order valence-electron chi connectivity index (χ3n) is 4.03. The van der Waals surface area contributed by atoms with Crippen molar-refractivity contribution in [2.45, 2.75) is 25.7 Å². The van der Waals surface area contributed by atoms with E-state index in [0.717, 1.165) is 19.3 Å². The van der Waals surface area contributed by atoms with Crippen LogP contribution in [0.15, 0.2) is 0 Å². The van der Waals surface area contributed by atoms with Gasteiger partial charge in [0.1, 0.15) is 11.6 Å². The molecular weight excluding hydrogens is 152 g/mol. The largest absolute Gasteiger partial charge is 0.299 e. The zero-order valence-electron chi connectivity index (χ0n) is 6.95. The summed E-state index contributed by atoms with van der Waals surface area (Å²) in [6.45, 7) is 0. The van der Waals surface area contributed by atoms with Gasteiger partial charge in [-0.25, -0.2) is 0 Å². The van der Waals surface area contributed by atoms with Gasteiger partial charge in [0.05, 0.1) is 0 Å². The molecule has 4 atom stereocenters. The Bertz CT molecular complexity index is 265. The molecule has 0 N–H and O–H groups in total. The molecule has 0 aromatic rings. The average Bonchev–Trinajstić information content (AvgIpc) is 2.29. The second-order valence-electron chi connectivity index (χ2n) is 4.47. The standard InChI is InChI=1S/C10H12O2/c11-9-4-7-5-1-2-6(9)8(3-5)10(7)12/h5-8H,1-4H2. The minimum atomic E-state index is 0.132. The Labute approximate surface area is 71.3 Å². The molecular formula is C10H12O2. The zero-order chi connectivity index (χ0) is 8.29. The van der Waals surface area contributed by atoms with E-state index in [1.165, 1.54) is 0 Å². The van der Waals surface area contributed by atoms with Crippen LogP contribution in [0.1, 0.15) is 25.7 Å². The Morgan fingerprint density at radius 2 is 1.83 bits per heavy atom. The molecule has 3 aliphatic carbocycles. The smallest absolute Gasteiger partial charge is 0.140 e. The summed E-state index contributed by atoms with van der Waals surface area (Å²) >= 11 is 0. The van der Waals surface area contributed by atoms with Crippen molar-refractivity contribution in [3.63, 3.8) is 0 Å². The second kappa shape index (κ2) is 1.98. The Kier molecular flexibility index (Phi) is 1.12. The first-order chi connectivity index (χ1) is 5.77. The fourth-order valence-corrected chi connectivity index (χ4v) is 3.41. The van der Waals surface area contributed by atoms with Crippen molar-refractivity contribution < 1.29 is 9.59 Å². The van der Waals surface area contributed by atoms with Crippen molar-refractivity contribution in [3.8, 4) is 0 Å². The Hall–Kier alpha value is -0.660. The molecule has 2 nitrogen and oxygen atoms in total. The first kappa shape index (κ1) is 6.81. The van der Waals surface area contributed by atoms with Gasteiger partial charge in [-0.2, -0.15) is 0 Å². The predicted octanol–water partition coefficient (Wildman–Crippen LogP) is 1.19. The van der Waals surface area contributed by atoms with Crippen LogP contribution in [0.3, 0.4) is 0 Å². The molecule has 3 aliphatic rings. The summed E-state index contributed by atoms with van der Waals surface area (Å²) in [6.07, 6.45) is 3.73. The van der Waals surface area contributed by atoms with Crippen LogP contribution in [0, 0.1) is 23.7 Å². The number of fused-ring (bicyclic) bond motifs is 3. The third-order valence-corrected chi connectivity index (χ3v) is 4.03. The van der Waals surface area contributed by atoms with Gasteiger partial charge in [0.2, 0.25) is 0 Å². The number of carbonyl (C=O) groups is 2. The molecule has 3 fully saturated rings. The van der Waals surface area contributed by atoms with Gasteiger partial charge in [0, 0.05) is 24.2 Å². The molecule has 3 rings (SSSR count). The molecule has 0 aromatic heterocycles. The van der Waals surface area contributed by atoms with Gasteiger partial charge in [0.25, 0.3) is 0 Å². The van der Waals surface area contributed by atoms with Crippen LogP contribution in [0.5, 0.6) is 0 Å². The van der Waals surface area contributed by atoms with Gasteiger partial charge in [-0.1, -0.05) is 0 Å². The highest BCUT2D eigenvalue weighted by Gasteiger charge is 2.55. The van der Waals surface area contributed by atoms with E-state index in [-0.39, 0.29) is 17.8 Å². The SMILES string of the molecule is O=C1CC2C(=O)C3CC2CCC13. The van der Waals surface area contributed by atoms with E-state index in [0.29, 0.717) is 23.9 Å². The summed E-state index contributed by atoms with van der Waals surface area (Å²) in [5.74, 6) is 1.79. The van der Waals surface area contributed by atoms with Crippen molar-refractivity contribution in [1.29, 1.82) is 0 Å². The van der Waals surface area contributed by atoms with Crippen LogP contribution in [0.2, 0.25) is 0 Å². The third kappa shape index (κ3) is 0.621. The van der Waals surface area contributed by atoms with Gasteiger partial charge in [0.15, 0.2) is 0 Å². The van der Waals surface area contributed by atoms with Crippen LogP contribution < -0.4 is 0 Å². The summed E-state index contributed by atoms with van der Waals surface area (Å²) in [7, 11) is 0. The van der Waals surface area contributed by atoms with E-state index in [1.54, 1.807) is 0 Å². The first-order valence-electron chi connectivity index (χ1n) is 4.84. The molecule has 3 bridgehead atoms. The molecule has 64 valence electrons. The van der Waals surface area contributed by atoms with Crippen LogP contribution in [0.4, 0.5) is 0 Å². The Morgan fingerprint density at radius 1 is 1.00 bits per heavy atom. The fraction of sp³-hybridized carbons (Fsp3) is 0.800. The predicted molar refractivity (Wildman–Crippen MR) is 42.4 cm³/mol. The summed E-state index contributed by atoms with van der Waals surface area (Å²) in [6, 6.07) is 0. The van der Waals surface area contributed by atoms with E-state index in [9.17, 15) is 9.59 Å². The van der Waals surface area contributed by atoms with Gasteiger partial charge in [-0.05, 0) is 25.2 Å². The van der Waals surface area contributed by atoms with E-state index in [1.807, 2.05) is 0 Å². The number of hydrogen-bond donors (Lipinski definition) is 0. The molecule has 2 heteroatoms. The average molecular weight is 164 g/mol. The molecule has 0 spiro atoms. The minimum Gasteiger partial charge on any atom is -0.299 e. The van der Waals surface area contributed by atoms with Gasteiger partial charge in [-0.3, -0.25) is 9.59 Å². The number of Topliss-reactive ketones (excluding diaryl/α,β-unsaturated/α-hetero) is 2. The van der Waals surface area contributed by atoms with Crippen LogP contribution >= 0.6 is 0 Å². The maximum atomic E-state index is 11.6. The number of hydrogen-bond acceptors (Lipinski definition) is 2. The Balaban J connectivity index is 2.09. The lowest BCUT2D eigenvalue weighted by Crippen LogP contribution is -2.34. The van der Waals surface area contributed by atoms with Crippen LogP contribution in [-0.4, -0.2) is 11.6 Å². The lowest BCUT2D eigenvalue weighted by molar-refractivity contribution is -0.138. The minimum absolute atomic E-state index is 0.132. The molecule has 0 radical (unpaired) electrons. The first-order valence-corrected chi connectivity index (χ1v) is 4.84. The monoisotopic (exact) mass is 164 g/mol. The number of carbonyl (C=O) groups excluding carboxylic acids is 2. The summed E-state index contributed by atoms with van der Waals surface area (Å²) in [4.78, 5) is 23.1. The van der Waals surface area contributed by atoms with Crippen molar-refractivity contribution >= 4 is 11.6 Å². The Morgan fingerprint density at radius 3 is 2.67 bits per heavy atom. The summed E-state index contributed by atoms with van der Waals surface area (Å²) in [5.41, 5.74) is 0. The van der Waals surface area contributed by atoms with E-state index < -0.39 is 0 Å². The molecule has 0 saturated heterocycles. The van der Waals surface area contributed by atoms with E-state index >= 15 is 0 Å². The lowest BCUT2D eigenvalue weighted by Gasteiger charge is -2.25. The highest BCUT2D eigenvalue weighted by molar-refractivity contribution is 6.00. The molecule has 3 saturated carbocycles. The molecule has 0 aliphatic heterocycles. The van der Waals surface area contributed by atoms with Crippen LogP contribution in [0.25, 0.3) is 0 Å². The van der Waals surface area contributed by atoms with Gasteiger partial charge < -0.3 is 0 Å². The molecule has 4 unspecified atom stereocenters. The molecule has 0 amide bonds. The van der Waals surface area contributed by atoms with E-state index in [4.69, 9.17) is 0 Å². The quantitative estimate of drug-likeness (QED) is 0.539. The highest BCUT2D eigenvalue weighted by atomic mass is 16.1. The fourth-order valence-electron chi connectivity index (χ4n) is 3.41. The van der Waals surface area contributed by atoms with Gasteiger partial charge >= 0.3 is 0 Å². The maximum absolute atomic E-state index is 11.6. The normalized spacial score (nSPS) is 50.3. The number of rotatable bonds is 0. The van der Waals surface area contributed by atoms with Crippen molar-refractivity contribution in [3.05, 3.63) is 0 Å². The molecule has 0 aromatic carbocycles.